The van der Waals surface area contributed by atoms with Crippen LogP contribution in [-0.2, 0) is 0 Å². The third-order valence-corrected chi connectivity index (χ3v) is 5.60. The summed E-state index contributed by atoms with van der Waals surface area (Å²) in [6.45, 7) is 7.82. The van der Waals surface area contributed by atoms with Gasteiger partial charge in [-0.15, -0.1) is 24.8 Å². The molecule has 0 spiro atoms. The minimum absolute atomic E-state index is 0. The minimum Gasteiger partial charge on any atom is -0.355 e. The molecule has 1 saturated heterocycles. The van der Waals surface area contributed by atoms with Crippen LogP contribution < -0.4 is 11.1 Å². The van der Waals surface area contributed by atoms with Gasteiger partial charge in [-0.25, -0.2) is 0 Å². The second-order valence-electron chi connectivity index (χ2n) is 7.41. The Labute approximate surface area is 180 Å². The molecule has 0 bridgehead atoms. The van der Waals surface area contributed by atoms with Crippen molar-refractivity contribution < 1.29 is 4.79 Å². The van der Waals surface area contributed by atoms with E-state index < -0.39 is 0 Å². The lowest BCUT2D eigenvalue weighted by Gasteiger charge is -2.34. The molecule has 1 aliphatic rings. The van der Waals surface area contributed by atoms with E-state index in [1.165, 1.54) is 11.1 Å². The van der Waals surface area contributed by atoms with Crippen molar-refractivity contribution in [3.05, 3.63) is 59.2 Å². The number of hydrogen-bond donors (Lipinski definition) is 2. The maximum atomic E-state index is 13.1. The molecule has 154 valence electrons. The van der Waals surface area contributed by atoms with Gasteiger partial charge >= 0.3 is 0 Å². The van der Waals surface area contributed by atoms with Crippen molar-refractivity contribution in [3.63, 3.8) is 0 Å². The van der Waals surface area contributed by atoms with E-state index in [9.17, 15) is 4.79 Å². The molecular formula is C22H31Cl2N3O. The molecule has 0 saturated carbocycles. The Balaban J connectivity index is 0.00000196. The number of nitrogens with one attached hydrogen (secondary N) is 1. The molecule has 2 aromatic carbocycles. The van der Waals surface area contributed by atoms with E-state index in [1.54, 1.807) is 0 Å². The fourth-order valence-corrected chi connectivity index (χ4v) is 3.61. The number of amides is 1. The SMILES string of the molecule is Cc1cccc(Nc2ccccc2C(=O)N2CCC(C(C)N)CC2)c1C.Cl.Cl. The third kappa shape index (κ3) is 5.40. The standard InChI is InChI=1S/C22H29N3O.2ClH/c1-15-7-6-10-20(16(15)2)24-21-9-5-4-8-19(21)22(26)25-13-11-18(12-14-25)17(3)23;;/h4-10,17-18,24H,11-14,23H2,1-3H3;2*1H. The second-order valence-corrected chi connectivity index (χ2v) is 7.41. The minimum atomic E-state index is 0. The van der Waals surface area contributed by atoms with E-state index in [1.807, 2.05) is 35.2 Å². The van der Waals surface area contributed by atoms with E-state index >= 15 is 0 Å². The average Bonchev–Trinajstić information content (AvgIpc) is 2.65. The third-order valence-electron chi connectivity index (χ3n) is 5.60. The van der Waals surface area contributed by atoms with Gasteiger partial charge in [0.15, 0.2) is 0 Å². The molecule has 2 aromatic rings. The fourth-order valence-electron chi connectivity index (χ4n) is 3.61. The summed E-state index contributed by atoms with van der Waals surface area (Å²) < 4.78 is 0. The van der Waals surface area contributed by atoms with E-state index in [2.05, 4.69) is 38.2 Å². The van der Waals surface area contributed by atoms with Crippen LogP contribution in [0.3, 0.4) is 0 Å². The Morgan fingerprint density at radius 1 is 1.04 bits per heavy atom. The van der Waals surface area contributed by atoms with Crippen LogP contribution in [0.15, 0.2) is 42.5 Å². The first-order valence-corrected chi connectivity index (χ1v) is 9.44. The van der Waals surface area contributed by atoms with Gasteiger partial charge < -0.3 is 16.0 Å². The van der Waals surface area contributed by atoms with Crippen LogP contribution in [-0.4, -0.2) is 29.9 Å². The highest BCUT2D eigenvalue weighted by atomic mass is 35.5. The molecule has 1 atom stereocenters. The average molecular weight is 424 g/mol. The zero-order valence-corrected chi connectivity index (χ0v) is 18.4. The topological polar surface area (TPSA) is 58.4 Å². The van der Waals surface area contributed by atoms with Crippen LogP contribution >= 0.6 is 24.8 Å². The number of nitrogens with zero attached hydrogens (tertiary/aromatic N) is 1. The molecule has 28 heavy (non-hydrogen) atoms. The van der Waals surface area contributed by atoms with Crippen LogP contribution in [0.2, 0.25) is 0 Å². The smallest absolute Gasteiger partial charge is 0.255 e. The van der Waals surface area contributed by atoms with Gasteiger partial charge in [0.05, 0.1) is 11.3 Å². The van der Waals surface area contributed by atoms with Gasteiger partial charge in [-0.05, 0) is 68.9 Å². The number of para-hydroxylation sites is 1. The Morgan fingerprint density at radius 3 is 2.29 bits per heavy atom. The molecule has 0 aromatic heterocycles. The summed E-state index contributed by atoms with van der Waals surface area (Å²) in [7, 11) is 0. The summed E-state index contributed by atoms with van der Waals surface area (Å²) in [6, 6.07) is 14.2. The highest BCUT2D eigenvalue weighted by Gasteiger charge is 2.26. The quantitative estimate of drug-likeness (QED) is 0.719. The Bertz CT molecular complexity index is 787. The molecule has 1 fully saturated rings. The molecule has 1 unspecified atom stereocenters. The number of nitrogens with two attached hydrogens (primary N) is 1. The summed E-state index contributed by atoms with van der Waals surface area (Å²) >= 11 is 0. The van der Waals surface area contributed by atoms with Gasteiger partial charge in [0, 0.05) is 24.8 Å². The molecule has 3 N–H and O–H groups in total. The number of benzene rings is 2. The van der Waals surface area contributed by atoms with Crippen molar-refractivity contribution >= 4 is 42.1 Å². The second kappa shape index (κ2) is 10.7. The van der Waals surface area contributed by atoms with Crippen molar-refractivity contribution in [1.29, 1.82) is 0 Å². The summed E-state index contributed by atoms with van der Waals surface area (Å²) in [4.78, 5) is 15.1. The molecule has 4 nitrogen and oxygen atoms in total. The summed E-state index contributed by atoms with van der Waals surface area (Å²) in [5, 5.41) is 3.46. The molecule has 1 heterocycles. The van der Waals surface area contributed by atoms with Crippen LogP contribution in [0.25, 0.3) is 0 Å². The number of carbonyl (C=O) groups is 1. The fraction of sp³-hybridized carbons (Fsp3) is 0.409. The Morgan fingerprint density at radius 2 is 1.64 bits per heavy atom. The lowest BCUT2D eigenvalue weighted by molar-refractivity contribution is 0.0682. The number of anilines is 2. The van der Waals surface area contributed by atoms with Gasteiger partial charge in [0.25, 0.3) is 5.91 Å². The first-order chi connectivity index (χ1) is 12.5. The molecule has 1 aliphatic heterocycles. The number of rotatable bonds is 4. The molecule has 6 heteroatoms. The van der Waals surface area contributed by atoms with E-state index in [-0.39, 0.29) is 36.8 Å². The van der Waals surface area contributed by atoms with E-state index in [0.717, 1.165) is 42.9 Å². The Hall–Kier alpha value is -1.75. The number of aryl methyl sites for hydroxylation is 1. The van der Waals surface area contributed by atoms with Crippen LogP contribution in [0, 0.1) is 19.8 Å². The van der Waals surface area contributed by atoms with Crippen molar-refractivity contribution in [2.75, 3.05) is 18.4 Å². The van der Waals surface area contributed by atoms with Crippen molar-refractivity contribution in [2.45, 2.75) is 39.7 Å². The number of likely N-dealkylation sites (tertiary alicyclic amines) is 1. The first-order valence-electron chi connectivity index (χ1n) is 9.44. The highest BCUT2D eigenvalue weighted by Crippen LogP contribution is 2.27. The lowest BCUT2D eigenvalue weighted by atomic mass is 9.90. The van der Waals surface area contributed by atoms with E-state index in [0.29, 0.717) is 5.92 Å². The summed E-state index contributed by atoms with van der Waals surface area (Å²) in [5.41, 5.74) is 11.1. The van der Waals surface area contributed by atoms with Crippen LogP contribution in [0.4, 0.5) is 11.4 Å². The molecular weight excluding hydrogens is 393 g/mol. The predicted octanol–water partition coefficient (Wildman–Crippen LogP) is 5.09. The van der Waals surface area contributed by atoms with Crippen LogP contribution in [0.5, 0.6) is 0 Å². The van der Waals surface area contributed by atoms with Gasteiger partial charge in [0.2, 0.25) is 0 Å². The van der Waals surface area contributed by atoms with Crippen molar-refractivity contribution in [1.82, 2.24) is 4.90 Å². The monoisotopic (exact) mass is 423 g/mol. The summed E-state index contributed by atoms with van der Waals surface area (Å²) in [6.07, 6.45) is 1.96. The number of halogens is 2. The maximum Gasteiger partial charge on any atom is 0.255 e. The van der Waals surface area contributed by atoms with Gasteiger partial charge in [0.1, 0.15) is 0 Å². The molecule has 0 aliphatic carbocycles. The zero-order chi connectivity index (χ0) is 18.7. The van der Waals surface area contributed by atoms with Gasteiger partial charge in [-0.3, -0.25) is 4.79 Å². The largest absolute Gasteiger partial charge is 0.355 e. The van der Waals surface area contributed by atoms with Gasteiger partial charge in [-0.2, -0.15) is 0 Å². The zero-order valence-electron chi connectivity index (χ0n) is 16.8. The highest BCUT2D eigenvalue weighted by molar-refractivity contribution is 6.00. The van der Waals surface area contributed by atoms with Gasteiger partial charge in [-0.1, -0.05) is 24.3 Å². The normalized spacial score (nSPS) is 15.2. The maximum absolute atomic E-state index is 13.1. The molecule has 3 rings (SSSR count). The van der Waals surface area contributed by atoms with Crippen molar-refractivity contribution in [2.24, 2.45) is 11.7 Å². The van der Waals surface area contributed by atoms with E-state index in [4.69, 9.17) is 5.73 Å². The molecule has 1 amide bonds. The first kappa shape index (κ1) is 24.3. The lowest BCUT2D eigenvalue weighted by Crippen LogP contribution is -2.42. The predicted molar refractivity (Wildman–Crippen MR) is 122 cm³/mol. The molecule has 0 radical (unpaired) electrons. The number of hydrogen-bond acceptors (Lipinski definition) is 3. The Kier molecular flexibility index (Phi) is 9.28. The number of carbonyl (C=O) groups excluding carboxylic acids is 1. The summed E-state index contributed by atoms with van der Waals surface area (Å²) in [5.74, 6) is 0.615. The van der Waals surface area contributed by atoms with Crippen LogP contribution in [0.1, 0.15) is 41.3 Å². The van der Waals surface area contributed by atoms with Crippen molar-refractivity contribution in [3.8, 4) is 0 Å². The number of piperidine rings is 1.